The Labute approximate surface area is 78.7 Å². The predicted molar refractivity (Wildman–Crippen MR) is 53.8 cm³/mol. The Kier molecular flexibility index (Phi) is 3.57. The molecule has 0 saturated carbocycles. The second-order valence-corrected chi connectivity index (χ2v) is 3.34. The molecule has 1 rings (SSSR count). The standard InChI is InChI=1S/C10H14ClN/c1-8-7-9(5-6-12-2)3-4-10(8)11/h3-4,7,12H,5-6H2,1-2H3. The summed E-state index contributed by atoms with van der Waals surface area (Å²) in [6.45, 7) is 3.05. The molecule has 0 spiro atoms. The highest BCUT2D eigenvalue weighted by molar-refractivity contribution is 6.31. The Morgan fingerprint density at radius 1 is 1.42 bits per heavy atom. The molecule has 0 atom stereocenters. The summed E-state index contributed by atoms with van der Waals surface area (Å²) in [7, 11) is 1.96. The summed E-state index contributed by atoms with van der Waals surface area (Å²) < 4.78 is 0. The number of hydrogen-bond donors (Lipinski definition) is 1. The molecule has 0 radical (unpaired) electrons. The summed E-state index contributed by atoms with van der Waals surface area (Å²) in [5.41, 5.74) is 2.50. The number of hydrogen-bond acceptors (Lipinski definition) is 1. The van der Waals surface area contributed by atoms with Crippen LogP contribution in [0.1, 0.15) is 11.1 Å². The van der Waals surface area contributed by atoms with Crippen molar-refractivity contribution in [2.24, 2.45) is 0 Å². The van der Waals surface area contributed by atoms with Crippen molar-refractivity contribution in [1.82, 2.24) is 5.32 Å². The Bertz CT molecular complexity index is 258. The van der Waals surface area contributed by atoms with Crippen LogP contribution in [0, 0.1) is 6.92 Å². The van der Waals surface area contributed by atoms with Crippen LogP contribution in [0.15, 0.2) is 18.2 Å². The first-order valence-electron chi connectivity index (χ1n) is 4.13. The lowest BCUT2D eigenvalue weighted by Crippen LogP contribution is -2.10. The smallest absolute Gasteiger partial charge is 0.0435 e. The van der Waals surface area contributed by atoms with Crippen molar-refractivity contribution in [3.63, 3.8) is 0 Å². The fourth-order valence-electron chi connectivity index (χ4n) is 1.13. The van der Waals surface area contributed by atoms with E-state index in [9.17, 15) is 0 Å². The fourth-order valence-corrected chi connectivity index (χ4v) is 1.25. The average molecular weight is 184 g/mol. The first-order chi connectivity index (χ1) is 5.74. The maximum Gasteiger partial charge on any atom is 0.0435 e. The predicted octanol–water partition coefficient (Wildman–Crippen LogP) is 2.41. The lowest BCUT2D eigenvalue weighted by atomic mass is 10.1. The van der Waals surface area contributed by atoms with E-state index in [1.165, 1.54) is 5.56 Å². The van der Waals surface area contributed by atoms with E-state index in [1.54, 1.807) is 0 Å². The molecule has 0 amide bonds. The first kappa shape index (κ1) is 9.56. The molecule has 0 unspecified atom stereocenters. The monoisotopic (exact) mass is 183 g/mol. The van der Waals surface area contributed by atoms with Crippen molar-refractivity contribution in [3.05, 3.63) is 34.3 Å². The van der Waals surface area contributed by atoms with Crippen LogP contribution in [0.5, 0.6) is 0 Å². The van der Waals surface area contributed by atoms with E-state index in [4.69, 9.17) is 11.6 Å². The van der Waals surface area contributed by atoms with E-state index < -0.39 is 0 Å². The van der Waals surface area contributed by atoms with Crippen molar-refractivity contribution < 1.29 is 0 Å². The van der Waals surface area contributed by atoms with Gasteiger partial charge in [-0.2, -0.15) is 0 Å². The molecular weight excluding hydrogens is 170 g/mol. The maximum atomic E-state index is 5.90. The Morgan fingerprint density at radius 3 is 2.75 bits per heavy atom. The summed E-state index contributed by atoms with van der Waals surface area (Å²) in [5.74, 6) is 0. The van der Waals surface area contributed by atoms with Gasteiger partial charge in [-0.1, -0.05) is 23.7 Å². The minimum absolute atomic E-state index is 0.850. The Morgan fingerprint density at radius 2 is 2.17 bits per heavy atom. The maximum absolute atomic E-state index is 5.90. The van der Waals surface area contributed by atoms with Gasteiger partial charge in [-0.25, -0.2) is 0 Å². The van der Waals surface area contributed by atoms with Gasteiger partial charge in [0.25, 0.3) is 0 Å². The van der Waals surface area contributed by atoms with E-state index in [2.05, 4.69) is 17.4 Å². The minimum Gasteiger partial charge on any atom is -0.319 e. The zero-order valence-corrected chi connectivity index (χ0v) is 8.28. The molecule has 1 nitrogen and oxygen atoms in total. The van der Waals surface area contributed by atoms with E-state index in [0.717, 1.165) is 23.6 Å². The van der Waals surface area contributed by atoms with Gasteiger partial charge in [0.2, 0.25) is 0 Å². The molecule has 1 aromatic rings. The minimum atomic E-state index is 0.850. The van der Waals surface area contributed by atoms with Crippen LogP contribution >= 0.6 is 11.6 Å². The zero-order valence-electron chi connectivity index (χ0n) is 7.52. The topological polar surface area (TPSA) is 12.0 Å². The SMILES string of the molecule is CNCCc1ccc(Cl)c(C)c1. The van der Waals surface area contributed by atoms with Gasteiger partial charge in [0, 0.05) is 5.02 Å². The second kappa shape index (κ2) is 4.48. The third kappa shape index (κ3) is 2.50. The lowest BCUT2D eigenvalue weighted by Gasteiger charge is -2.03. The van der Waals surface area contributed by atoms with Gasteiger partial charge >= 0.3 is 0 Å². The highest BCUT2D eigenvalue weighted by Crippen LogP contribution is 2.16. The van der Waals surface area contributed by atoms with Crippen LogP contribution in [0.25, 0.3) is 0 Å². The van der Waals surface area contributed by atoms with Gasteiger partial charge < -0.3 is 5.32 Å². The number of nitrogens with one attached hydrogen (secondary N) is 1. The molecule has 0 aliphatic heterocycles. The van der Waals surface area contributed by atoms with E-state index >= 15 is 0 Å². The molecule has 0 saturated heterocycles. The van der Waals surface area contributed by atoms with Crippen LogP contribution in [0.4, 0.5) is 0 Å². The molecule has 12 heavy (non-hydrogen) atoms. The van der Waals surface area contributed by atoms with Crippen molar-refractivity contribution >= 4 is 11.6 Å². The fraction of sp³-hybridized carbons (Fsp3) is 0.400. The van der Waals surface area contributed by atoms with Gasteiger partial charge in [0.05, 0.1) is 0 Å². The number of benzene rings is 1. The Balaban J connectivity index is 2.69. The van der Waals surface area contributed by atoms with Crippen LogP contribution in [0.2, 0.25) is 5.02 Å². The quantitative estimate of drug-likeness (QED) is 0.759. The van der Waals surface area contributed by atoms with E-state index in [-0.39, 0.29) is 0 Å². The summed E-state index contributed by atoms with van der Waals surface area (Å²) in [5, 5.41) is 3.97. The third-order valence-corrected chi connectivity index (χ3v) is 2.31. The first-order valence-corrected chi connectivity index (χ1v) is 4.51. The molecule has 66 valence electrons. The summed E-state index contributed by atoms with van der Waals surface area (Å²) in [4.78, 5) is 0. The highest BCUT2D eigenvalue weighted by atomic mass is 35.5. The number of likely N-dealkylation sites (N-methyl/N-ethyl adjacent to an activating group) is 1. The molecule has 0 aliphatic rings. The average Bonchev–Trinajstić information content (AvgIpc) is 2.07. The van der Waals surface area contributed by atoms with Crippen LogP contribution in [-0.4, -0.2) is 13.6 Å². The zero-order chi connectivity index (χ0) is 8.97. The Hall–Kier alpha value is -0.530. The molecule has 0 aromatic heterocycles. The van der Waals surface area contributed by atoms with Crippen LogP contribution in [-0.2, 0) is 6.42 Å². The molecular formula is C10H14ClN. The third-order valence-electron chi connectivity index (χ3n) is 1.89. The number of halogens is 1. The number of rotatable bonds is 3. The van der Waals surface area contributed by atoms with Crippen molar-refractivity contribution in [3.8, 4) is 0 Å². The van der Waals surface area contributed by atoms with Gasteiger partial charge in [-0.15, -0.1) is 0 Å². The van der Waals surface area contributed by atoms with Gasteiger partial charge in [-0.3, -0.25) is 0 Å². The molecule has 1 aromatic carbocycles. The molecule has 2 heteroatoms. The summed E-state index contributed by atoms with van der Waals surface area (Å²) in [6, 6.07) is 6.17. The normalized spacial score (nSPS) is 10.2. The van der Waals surface area contributed by atoms with E-state index in [1.807, 2.05) is 20.0 Å². The van der Waals surface area contributed by atoms with Crippen molar-refractivity contribution in [1.29, 1.82) is 0 Å². The molecule has 1 N–H and O–H groups in total. The molecule has 0 fully saturated rings. The molecule has 0 bridgehead atoms. The van der Waals surface area contributed by atoms with Crippen LogP contribution in [0.3, 0.4) is 0 Å². The second-order valence-electron chi connectivity index (χ2n) is 2.94. The van der Waals surface area contributed by atoms with Crippen LogP contribution < -0.4 is 5.32 Å². The largest absolute Gasteiger partial charge is 0.319 e. The molecule has 0 heterocycles. The summed E-state index contributed by atoms with van der Waals surface area (Å²) in [6.07, 6.45) is 1.06. The molecule has 0 aliphatic carbocycles. The van der Waals surface area contributed by atoms with E-state index in [0.29, 0.717) is 0 Å². The van der Waals surface area contributed by atoms with Crippen molar-refractivity contribution in [2.75, 3.05) is 13.6 Å². The van der Waals surface area contributed by atoms with Gasteiger partial charge in [-0.05, 0) is 44.1 Å². The lowest BCUT2D eigenvalue weighted by molar-refractivity contribution is 0.791. The van der Waals surface area contributed by atoms with Gasteiger partial charge in [0.1, 0.15) is 0 Å². The highest BCUT2D eigenvalue weighted by Gasteiger charge is 1.96. The number of aryl methyl sites for hydroxylation is 1. The summed E-state index contributed by atoms with van der Waals surface area (Å²) >= 11 is 5.90. The van der Waals surface area contributed by atoms with Crippen molar-refractivity contribution in [2.45, 2.75) is 13.3 Å². The van der Waals surface area contributed by atoms with Gasteiger partial charge in [0.15, 0.2) is 0 Å².